The first-order valence-electron chi connectivity index (χ1n) is 6.69. The van der Waals surface area contributed by atoms with E-state index in [1.54, 1.807) is 29.3 Å². The smallest absolute Gasteiger partial charge is 0.244 e. The molecule has 6 heteroatoms. The van der Waals surface area contributed by atoms with Crippen LogP contribution in [0.3, 0.4) is 0 Å². The van der Waals surface area contributed by atoms with Crippen molar-refractivity contribution in [3.63, 3.8) is 0 Å². The van der Waals surface area contributed by atoms with Crippen molar-refractivity contribution in [3.05, 3.63) is 42.4 Å². The summed E-state index contributed by atoms with van der Waals surface area (Å²) in [6, 6.07) is 5.92. The minimum atomic E-state index is 0.0689. The number of carbonyl (C=O) groups excluding carboxylic acids is 1. The fourth-order valence-electron chi connectivity index (χ4n) is 2.19. The molecule has 0 atom stereocenters. The van der Waals surface area contributed by atoms with Crippen LogP contribution in [0.1, 0.15) is 18.4 Å². The van der Waals surface area contributed by atoms with Crippen molar-refractivity contribution in [2.24, 2.45) is 0 Å². The second kappa shape index (κ2) is 5.32. The number of amides is 1. The molecule has 1 amide bonds. The molecule has 2 heterocycles. The monoisotopic (exact) mass is 271 g/mol. The molecule has 0 spiro atoms. The second-order valence-corrected chi connectivity index (χ2v) is 5.05. The van der Waals surface area contributed by atoms with E-state index in [4.69, 9.17) is 5.73 Å². The first-order valence-corrected chi connectivity index (χ1v) is 6.69. The molecule has 3 rings (SSSR count). The van der Waals surface area contributed by atoms with Gasteiger partial charge in [-0.15, -0.1) is 0 Å². The third kappa shape index (κ3) is 2.96. The lowest BCUT2D eigenvalue weighted by Crippen LogP contribution is -2.35. The summed E-state index contributed by atoms with van der Waals surface area (Å²) in [5, 5.41) is 4.05. The minimum absolute atomic E-state index is 0.0689. The summed E-state index contributed by atoms with van der Waals surface area (Å²) < 4.78 is 1.58. The molecule has 1 saturated carbocycles. The van der Waals surface area contributed by atoms with Crippen LogP contribution in [-0.4, -0.2) is 31.6 Å². The van der Waals surface area contributed by atoms with Gasteiger partial charge in [0, 0.05) is 31.2 Å². The molecule has 2 aromatic heterocycles. The molecule has 2 aromatic rings. The fraction of sp³-hybridized carbons (Fsp3) is 0.357. The van der Waals surface area contributed by atoms with Gasteiger partial charge in [-0.1, -0.05) is 6.07 Å². The van der Waals surface area contributed by atoms with Gasteiger partial charge in [-0.3, -0.25) is 14.5 Å². The first-order chi connectivity index (χ1) is 9.72. The highest BCUT2D eigenvalue weighted by molar-refractivity contribution is 5.76. The Balaban J connectivity index is 1.69. The van der Waals surface area contributed by atoms with Gasteiger partial charge in [0.2, 0.25) is 5.91 Å². The Bertz CT molecular complexity index is 591. The summed E-state index contributed by atoms with van der Waals surface area (Å²) in [6.07, 6.45) is 7.41. The maximum absolute atomic E-state index is 12.4. The Labute approximate surface area is 117 Å². The molecule has 1 fully saturated rings. The summed E-state index contributed by atoms with van der Waals surface area (Å²) in [5.41, 5.74) is 6.61. The van der Waals surface area contributed by atoms with E-state index in [0.717, 1.165) is 18.4 Å². The minimum Gasteiger partial charge on any atom is -0.382 e. The molecule has 0 saturated heterocycles. The number of carbonyl (C=O) groups is 1. The Morgan fingerprint density at radius 1 is 1.45 bits per heavy atom. The van der Waals surface area contributed by atoms with Crippen LogP contribution in [0, 0.1) is 0 Å². The molecule has 104 valence electrons. The lowest BCUT2D eigenvalue weighted by atomic mass is 10.2. The van der Waals surface area contributed by atoms with E-state index in [2.05, 4.69) is 10.1 Å². The van der Waals surface area contributed by atoms with Crippen molar-refractivity contribution < 1.29 is 4.79 Å². The second-order valence-electron chi connectivity index (χ2n) is 5.05. The van der Waals surface area contributed by atoms with Crippen LogP contribution in [0.5, 0.6) is 0 Å². The molecule has 2 N–H and O–H groups in total. The van der Waals surface area contributed by atoms with Crippen LogP contribution >= 0.6 is 0 Å². The number of pyridine rings is 1. The van der Waals surface area contributed by atoms with Crippen LogP contribution in [0.2, 0.25) is 0 Å². The standard InChI is InChI=1S/C14H17N5O/c15-13-5-7-18(17-13)10-14(20)19(12-3-4-12)9-11-2-1-6-16-8-11/h1-2,5-8,12H,3-4,9-10H2,(H2,15,17). The number of rotatable bonds is 5. The Morgan fingerprint density at radius 3 is 2.90 bits per heavy atom. The highest BCUT2D eigenvalue weighted by Gasteiger charge is 2.32. The van der Waals surface area contributed by atoms with Crippen molar-refractivity contribution in [3.8, 4) is 0 Å². The maximum Gasteiger partial charge on any atom is 0.244 e. The molecular weight excluding hydrogens is 254 g/mol. The highest BCUT2D eigenvalue weighted by Crippen LogP contribution is 2.28. The van der Waals surface area contributed by atoms with Gasteiger partial charge in [0.05, 0.1) is 0 Å². The molecule has 0 aromatic carbocycles. The van der Waals surface area contributed by atoms with Gasteiger partial charge in [0.15, 0.2) is 0 Å². The maximum atomic E-state index is 12.4. The zero-order chi connectivity index (χ0) is 13.9. The first kappa shape index (κ1) is 12.7. The molecule has 1 aliphatic rings. The van der Waals surface area contributed by atoms with E-state index >= 15 is 0 Å². The Hall–Kier alpha value is -2.37. The predicted octanol–water partition coefficient (Wildman–Crippen LogP) is 1.05. The Kier molecular flexibility index (Phi) is 3.37. The number of hydrogen-bond acceptors (Lipinski definition) is 4. The van der Waals surface area contributed by atoms with Crippen molar-refractivity contribution in [2.45, 2.75) is 32.0 Å². The quantitative estimate of drug-likeness (QED) is 0.881. The average Bonchev–Trinajstić information content (AvgIpc) is 3.21. The number of aromatic nitrogens is 3. The van der Waals surface area contributed by atoms with Crippen LogP contribution < -0.4 is 5.73 Å². The van der Waals surface area contributed by atoms with E-state index in [-0.39, 0.29) is 12.5 Å². The van der Waals surface area contributed by atoms with Crippen molar-refractivity contribution in [2.75, 3.05) is 5.73 Å². The van der Waals surface area contributed by atoms with Gasteiger partial charge in [-0.25, -0.2) is 0 Å². The zero-order valence-electron chi connectivity index (χ0n) is 11.1. The topological polar surface area (TPSA) is 77.0 Å². The third-order valence-corrected chi connectivity index (χ3v) is 3.34. The van der Waals surface area contributed by atoms with Crippen LogP contribution in [0.15, 0.2) is 36.8 Å². The predicted molar refractivity (Wildman–Crippen MR) is 74.4 cm³/mol. The van der Waals surface area contributed by atoms with Gasteiger partial charge in [0.25, 0.3) is 0 Å². The SMILES string of the molecule is Nc1ccn(CC(=O)N(Cc2cccnc2)C2CC2)n1. The van der Waals surface area contributed by atoms with E-state index in [1.165, 1.54) is 0 Å². The lowest BCUT2D eigenvalue weighted by Gasteiger charge is -2.22. The summed E-state index contributed by atoms with van der Waals surface area (Å²) >= 11 is 0. The molecule has 20 heavy (non-hydrogen) atoms. The van der Waals surface area contributed by atoms with Crippen LogP contribution in [-0.2, 0) is 17.9 Å². The fourth-order valence-corrected chi connectivity index (χ4v) is 2.19. The van der Waals surface area contributed by atoms with Crippen LogP contribution in [0.4, 0.5) is 5.82 Å². The molecule has 1 aliphatic carbocycles. The summed E-state index contributed by atoms with van der Waals surface area (Å²) in [7, 11) is 0. The molecule has 0 aliphatic heterocycles. The van der Waals surface area contributed by atoms with Crippen molar-refractivity contribution in [1.29, 1.82) is 0 Å². The zero-order valence-corrected chi connectivity index (χ0v) is 11.1. The van der Waals surface area contributed by atoms with Crippen molar-refractivity contribution in [1.82, 2.24) is 19.7 Å². The number of nitrogens with two attached hydrogens (primary N) is 1. The molecule has 6 nitrogen and oxygen atoms in total. The van der Waals surface area contributed by atoms with Gasteiger partial charge in [0.1, 0.15) is 12.4 Å². The average molecular weight is 271 g/mol. The summed E-state index contributed by atoms with van der Waals surface area (Å²) in [4.78, 5) is 18.4. The van der Waals surface area contributed by atoms with E-state index in [9.17, 15) is 4.79 Å². The number of nitrogens with zero attached hydrogens (tertiary/aromatic N) is 4. The molecule has 0 bridgehead atoms. The van der Waals surface area contributed by atoms with Crippen molar-refractivity contribution >= 4 is 11.7 Å². The summed E-state index contributed by atoms with van der Waals surface area (Å²) in [6.45, 7) is 0.835. The third-order valence-electron chi connectivity index (χ3n) is 3.34. The number of hydrogen-bond donors (Lipinski definition) is 1. The van der Waals surface area contributed by atoms with E-state index < -0.39 is 0 Å². The molecule has 0 unspecified atom stereocenters. The molecular formula is C14H17N5O. The van der Waals surface area contributed by atoms with E-state index in [1.807, 2.05) is 17.0 Å². The number of anilines is 1. The van der Waals surface area contributed by atoms with Gasteiger partial charge in [-0.05, 0) is 30.5 Å². The largest absolute Gasteiger partial charge is 0.382 e. The molecule has 0 radical (unpaired) electrons. The van der Waals surface area contributed by atoms with Gasteiger partial charge < -0.3 is 10.6 Å². The highest BCUT2D eigenvalue weighted by atomic mass is 16.2. The lowest BCUT2D eigenvalue weighted by molar-refractivity contribution is -0.133. The van der Waals surface area contributed by atoms with E-state index in [0.29, 0.717) is 18.4 Å². The normalized spacial score (nSPS) is 14.2. The number of nitrogen functional groups attached to an aromatic ring is 1. The Morgan fingerprint density at radius 2 is 2.30 bits per heavy atom. The summed E-state index contributed by atoms with van der Waals surface area (Å²) in [5.74, 6) is 0.502. The van der Waals surface area contributed by atoms with Crippen LogP contribution in [0.25, 0.3) is 0 Å². The van der Waals surface area contributed by atoms with Gasteiger partial charge >= 0.3 is 0 Å². The van der Waals surface area contributed by atoms with Gasteiger partial charge in [-0.2, -0.15) is 5.10 Å².